The summed E-state index contributed by atoms with van der Waals surface area (Å²) in [7, 11) is 0. The average Bonchev–Trinajstić information content (AvgIpc) is 2.74. The van der Waals surface area contributed by atoms with E-state index in [9.17, 15) is 9.59 Å². The Balaban J connectivity index is 1.77. The van der Waals surface area contributed by atoms with Crippen molar-refractivity contribution in [2.24, 2.45) is 0 Å². The Morgan fingerprint density at radius 2 is 2.32 bits per heavy atom. The molecule has 2 rings (SSSR count). The molecule has 19 heavy (non-hydrogen) atoms. The molecule has 5 nitrogen and oxygen atoms in total. The smallest absolute Gasteiger partial charge is 0.319 e. The van der Waals surface area contributed by atoms with Crippen LogP contribution in [0, 0.1) is 0 Å². The second-order valence-electron chi connectivity index (χ2n) is 4.45. The minimum Gasteiger partial charge on any atom is -0.465 e. The van der Waals surface area contributed by atoms with Crippen LogP contribution in [-0.4, -0.2) is 31.6 Å². The zero-order chi connectivity index (χ0) is 13.7. The van der Waals surface area contributed by atoms with Gasteiger partial charge in [0.15, 0.2) is 0 Å². The van der Waals surface area contributed by atoms with E-state index in [-0.39, 0.29) is 18.4 Å². The maximum absolute atomic E-state index is 11.2. The summed E-state index contributed by atoms with van der Waals surface area (Å²) in [5, 5.41) is 5.84. The lowest BCUT2D eigenvalue weighted by Gasteiger charge is -2.06. The summed E-state index contributed by atoms with van der Waals surface area (Å²) in [5.74, 6) is -0.182. The van der Waals surface area contributed by atoms with Crippen molar-refractivity contribution in [3.05, 3.63) is 29.3 Å². The first-order valence-corrected chi connectivity index (χ1v) is 6.47. The lowest BCUT2D eigenvalue weighted by molar-refractivity contribution is -0.142. The first-order valence-electron chi connectivity index (χ1n) is 6.47. The Hall–Kier alpha value is -1.88. The standard InChI is InChI=1S/C14H18N2O3/c1-2-19-14(18)9-15-6-5-10-3-4-12-11(7-10)8-13(17)16-12/h3-4,7,15H,2,5-6,8-9H2,1H3,(H,16,17). The molecule has 0 radical (unpaired) electrons. The first kappa shape index (κ1) is 13.5. The van der Waals surface area contributed by atoms with Gasteiger partial charge in [-0.1, -0.05) is 12.1 Å². The molecule has 0 unspecified atom stereocenters. The van der Waals surface area contributed by atoms with Crippen molar-refractivity contribution in [3.8, 4) is 0 Å². The summed E-state index contributed by atoms with van der Waals surface area (Å²) < 4.78 is 4.82. The second kappa shape index (κ2) is 6.33. The number of hydrogen-bond donors (Lipinski definition) is 2. The highest BCUT2D eigenvalue weighted by atomic mass is 16.5. The fourth-order valence-electron chi connectivity index (χ4n) is 2.07. The molecule has 102 valence electrons. The SMILES string of the molecule is CCOC(=O)CNCCc1ccc2c(c1)CC(=O)N2. The fraction of sp³-hybridized carbons (Fsp3) is 0.429. The molecule has 1 aromatic rings. The Bertz CT molecular complexity index is 486. The van der Waals surface area contributed by atoms with E-state index in [1.54, 1.807) is 6.92 Å². The molecule has 5 heteroatoms. The number of hydrogen-bond acceptors (Lipinski definition) is 4. The summed E-state index contributed by atoms with van der Waals surface area (Å²) >= 11 is 0. The van der Waals surface area contributed by atoms with E-state index < -0.39 is 0 Å². The highest BCUT2D eigenvalue weighted by Gasteiger charge is 2.17. The summed E-state index contributed by atoms with van der Waals surface area (Å²) in [5.41, 5.74) is 3.12. The number of amides is 1. The van der Waals surface area contributed by atoms with Crippen LogP contribution < -0.4 is 10.6 Å². The number of rotatable bonds is 6. The van der Waals surface area contributed by atoms with Gasteiger partial charge in [0.1, 0.15) is 0 Å². The van der Waals surface area contributed by atoms with Crippen molar-refractivity contribution in [2.75, 3.05) is 25.0 Å². The minimum absolute atomic E-state index is 0.0487. The number of nitrogens with one attached hydrogen (secondary N) is 2. The number of carbonyl (C=O) groups is 2. The van der Waals surface area contributed by atoms with E-state index in [4.69, 9.17) is 4.74 Å². The molecule has 0 aromatic heterocycles. The van der Waals surface area contributed by atoms with Gasteiger partial charge in [-0.15, -0.1) is 0 Å². The minimum atomic E-state index is -0.230. The van der Waals surface area contributed by atoms with Crippen molar-refractivity contribution in [2.45, 2.75) is 19.8 Å². The van der Waals surface area contributed by atoms with Crippen molar-refractivity contribution in [1.29, 1.82) is 0 Å². The van der Waals surface area contributed by atoms with E-state index in [1.807, 2.05) is 18.2 Å². The van der Waals surface area contributed by atoms with Gasteiger partial charge in [0.2, 0.25) is 5.91 Å². The van der Waals surface area contributed by atoms with E-state index in [1.165, 1.54) is 0 Å². The number of carbonyl (C=O) groups excluding carboxylic acids is 2. The first-order chi connectivity index (χ1) is 9.19. The lowest BCUT2D eigenvalue weighted by Crippen LogP contribution is -2.26. The van der Waals surface area contributed by atoms with Crippen LogP contribution in [0.25, 0.3) is 0 Å². The molecule has 1 aliphatic heterocycles. The summed E-state index contributed by atoms with van der Waals surface area (Å²) in [6, 6.07) is 5.97. The highest BCUT2D eigenvalue weighted by Crippen LogP contribution is 2.23. The molecule has 0 spiro atoms. The van der Waals surface area contributed by atoms with E-state index >= 15 is 0 Å². The Kier molecular flexibility index (Phi) is 4.52. The summed E-state index contributed by atoms with van der Waals surface area (Å²) in [6.45, 7) is 3.14. The van der Waals surface area contributed by atoms with E-state index in [0.29, 0.717) is 19.6 Å². The van der Waals surface area contributed by atoms with Crippen LogP contribution >= 0.6 is 0 Å². The monoisotopic (exact) mass is 262 g/mol. The zero-order valence-corrected chi connectivity index (χ0v) is 11.0. The average molecular weight is 262 g/mol. The van der Waals surface area contributed by atoms with Crippen molar-refractivity contribution in [1.82, 2.24) is 5.32 Å². The number of benzene rings is 1. The van der Waals surface area contributed by atoms with Gasteiger partial charge in [0.05, 0.1) is 19.6 Å². The molecular weight excluding hydrogens is 244 g/mol. The van der Waals surface area contributed by atoms with Crippen molar-refractivity contribution < 1.29 is 14.3 Å². The zero-order valence-electron chi connectivity index (χ0n) is 11.0. The lowest BCUT2D eigenvalue weighted by atomic mass is 10.1. The largest absolute Gasteiger partial charge is 0.465 e. The molecule has 0 saturated heterocycles. The number of fused-ring (bicyclic) bond motifs is 1. The van der Waals surface area contributed by atoms with Gasteiger partial charge in [0.25, 0.3) is 0 Å². The van der Waals surface area contributed by atoms with E-state index in [0.717, 1.165) is 23.2 Å². The number of ether oxygens (including phenoxy) is 1. The van der Waals surface area contributed by atoms with Crippen LogP contribution in [0.2, 0.25) is 0 Å². The Morgan fingerprint density at radius 1 is 1.47 bits per heavy atom. The van der Waals surface area contributed by atoms with E-state index in [2.05, 4.69) is 10.6 Å². The molecular formula is C14H18N2O3. The molecule has 0 aliphatic carbocycles. The molecule has 0 fully saturated rings. The predicted molar refractivity (Wildman–Crippen MR) is 72.0 cm³/mol. The quantitative estimate of drug-likeness (QED) is 0.590. The maximum atomic E-state index is 11.2. The van der Waals surface area contributed by atoms with Gasteiger partial charge in [-0.25, -0.2) is 0 Å². The summed E-state index contributed by atoms with van der Waals surface area (Å²) in [6.07, 6.45) is 1.28. The molecule has 0 bridgehead atoms. The highest BCUT2D eigenvalue weighted by molar-refractivity contribution is 5.99. The third-order valence-corrected chi connectivity index (χ3v) is 2.96. The molecule has 2 N–H and O–H groups in total. The van der Waals surface area contributed by atoms with Gasteiger partial charge in [-0.3, -0.25) is 9.59 Å². The molecule has 1 heterocycles. The molecule has 0 saturated carbocycles. The fourth-order valence-corrected chi connectivity index (χ4v) is 2.07. The van der Waals surface area contributed by atoms with Gasteiger partial charge in [-0.2, -0.15) is 0 Å². The Labute approximate surface area is 112 Å². The van der Waals surface area contributed by atoms with Crippen LogP contribution in [0.1, 0.15) is 18.1 Å². The number of esters is 1. The predicted octanol–water partition coefficient (Wildman–Crippen LogP) is 0.876. The van der Waals surface area contributed by atoms with Crippen LogP contribution in [0.5, 0.6) is 0 Å². The van der Waals surface area contributed by atoms with Gasteiger partial charge < -0.3 is 15.4 Å². The third-order valence-electron chi connectivity index (χ3n) is 2.96. The van der Waals surface area contributed by atoms with Crippen LogP contribution in [0.15, 0.2) is 18.2 Å². The van der Waals surface area contributed by atoms with Crippen LogP contribution in [-0.2, 0) is 27.2 Å². The number of anilines is 1. The molecule has 1 aromatic carbocycles. The third kappa shape index (κ3) is 3.79. The second-order valence-corrected chi connectivity index (χ2v) is 4.45. The molecule has 1 amide bonds. The van der Waals surface area contributed by atoms with Crippen LogP contribution in [0.3, 0.4) is 0 Å². The molecule has 0 atom stereocenters. The van der Waals surface area contributed by atoms with Gasteiger partial charge >= 0.3 is 5.97 Å². The topological polar surface area (TPSA) is 67.4 Å². The summed E-state index contributed by atoms with van der Waals surface area (Å²) in [4.78, 5) is 22.3. The maximum Gasteiger partial charge on any atom is 0.319 e. The molecule has 1 aliphatic rings. The van der Waals surface area contributed by atoms with Crippen molar-refractivity contribution >= 4 is 17.6 Å². The van der Waals surface area contributed by atoms with Crippen LogP contribution in [0.4, 0.5) is 5.69 Å². The Morgan fingerprint density at radius 3 is 3.11 bits per heavy atom. The van der Waals surface area contributed by atoms with Gasteiger partial charge in [0, 0.05) is 5.69 Å². The van der Waals surface area contributed by atoms with Crippen molar-refractivity contribution in [3.63, 3.8) is 0 Å². The normalized spacial score (nSPS) is 13.0. The van der Waals surface area contributed by atoms with Gasteiger partial charge in [-0.05, 0) is 37.1 Å².